The monoisotopic (exact) mass is 372 g/mol. The van der Waals surface area contributed by atoms with Gasteiger partial charge in [-0.25, -0.2) is 0 Å². The summed E-state index contributed by atoms with van der Waals surface area (Å²) < 4.78 is 11.2. The van der Waals surface area contributed by atoms with E-state index in [2.05, 4.69) is 28.9 Å². The summed E-state index contributed by atoms with van der Waals surface area (Å²) in [5.74, 6) is 1.81. The number of carbonyl (C=O) groups is 1. The van der Waals surface area contributed by atoms with E-state index in [0.29, 0.717) is 30.7 Å². The molecule has 1 atom stereocenters. The molecule has 1 saturated heterocycles. The lowest BCUT2D eigenvalue weighted by molar-refractivity contribution is -0.130. The van der Waals surface area contributed by atoms with E-state index in [9.17, 15) is 4.79 Å². The van der Waals surface area contributed by atoms with Gasteiger partial charge in [-0.05, 0) is 31.6 Å². The zero-order valence-corrected chi connectivity index (χ0v) is 16.1. The van der Waals surface area contributed by atoms with Gasteiger partial charge in [-0.2, -0.15) is 0 Å². The number of aryl methyl sites for hydroxylation is 1. The number of rotatable bonds is 9. The molecule has 27 heavy (non-hydrogen) atoms. The molecule has 1 aromatic carbocycles. The van der Waals surface area contributed by atoms with Gasteiger partial charge in [0.25, 0.3) is 5.89 Å². The summed E-state index contributed by atoms with van der Waals surface area (Å²) in [6.07, 6.45) is 1.91. The van der Waals surface area contributed by atoms with Crippen molar-refractivity contribution in [1.82, 2.24) is 20.0 Å². The summed E-state index contributed by atoms with van der Waals surface area (Å²) in [7, 11) is 0. The normalized spacial score (nSPS) is 16.9. The molecule has 1 fully saturated rings. The van der Waals surface area contributed by atoms with Crippen molar-refractivity contribution in [2.45, 2.75) is 45.8 Å². The molecule has 1 aliphatic rings. The Bertz CT molecular complexity index is 715. The molecule has 1 aliphatic heterocycles. The Morgan fingerprint density at radius 3 is 2.70 bits per heavy atom. The number of nitrogens with zero attached hydrogens (tertiary/aromatic N) is 4. The van der Waals surface area contributed by atoms with E-state index in [1.165, 1.54) is 0 Å². The maximum absolute atomic E-state index is 12.5. The zero-order chi connectivity index (χ0) is 19.1. The number of hydrogen-bond acceptors (Lipinski definition) is 6. The van der Waals surface area contributed by atoms with Crippen molar-refractivity contribution < 1.29 is 13.9 Å². The number of likely N-dealkylation sites (N-methyl/N-ethyl adjacent to an activating group) is 1. The first-order valence-corrected chi connectivity index (χ1v) is 9.70. The van der Waals surface area contributed by atoms with E-state index in [4.69, 9.17) is 9.15 Å². The Kier molecular flexibility index (Phi) is 6.81. The maximum Gasteiger partial charge on any atom is 0.253 e. The van der Waals surface area contributed by atoms with Gasteiger partial charge in [0.15, 0.2) is 6.61 Å². The van der Waals surface area contributed by atoms with Gasteiger partial charge < -0.3 is 14.1 Å². The number of para-hydroxylation sites is 1. The van der Waals surface area contributed by atoms with Crippen molar-refractivity contribution in [1.29, 1.82) is 0 Å². The molecule has 2 heterocycles. The molecule has 7 nitrogen and oxygen atoms in total. The van der Waals surface area contributed by atoms with E-state index in [1.54, 1.807) is 0 Å². The first-order chi connectivity index (χ1) is 13.2. The molecule has 0 unspecified atom stereocenters. The highest BCUT2D eigenvalue weighted by Gasteiger charge is 2.29. The van der Waals surface area contributed by atoms with Gasteiger partial charge in [-0.3, -0.25) is 9.69 Å². The summed E-state index contributed by atoms with van der Waals surface area (Å²) >= 11 is 0. The molecular formula is C20H28N4O3. The molecule has 0 spiro atoms. The number of amides is 1. The lowest BCUT2D eigenvalue weighted by atomic mass is 10.2. The van der Waals surface area contributed by atoms with E-state index >= 15 is 0 Å². The minimum absolute atomic E-state index is 0.157. The standard InChI is InChI=1S/C20H28N4O3/c1-3-23(4-2)16-12-13-24(14-16)20(25)11-10-18-21-22-19(27-18)15-26-17-8-6-5-7-9-17/h5-9,16H,3-4,10-15H2,1-2H3/t16-/m0/s1. The number of likely N-dealkylation sites (tertiary alicyclic amines) is 1. The van der Waals surface area contributed by atoms with Crippen LogP contribution in [0.15, 0.2) is 34.7 Å². The Balaban J connectivity index is 1.42. The third-order valence-electron chi connectivity index (χ3n) is 5.01. The van der Waals surface area contributed by atoms with E-state index < -0.39 is 0 Å². The van der Waals surface area contributed by atoms with Crippen LogP contribution in [0, 0.1) is 0 Å². The lowest BCUT2D eigenvalue weighted by Gasteiger charge is -2.26. The Morgan fingerprint density at radius 2 is 1.96 bits per heavy atom. The minimum atomic E-state index is 0.157. The third-order valence-corrected chi connectivity index (χ3v) is 5.01. The van der Waals surface area contributed by atoms with Crippen LogP contribution in [0.1, 0.15) is 38.5 Å². The molecule has 7 heteroatoms. The molecular weight excluding hydrogens is 344 g/mol. The fraction of sp³-hybridized carbons (Fsp3) is 0.550. The minimum Gasteiger partial charge on any atom is -0.484 e. The van der Waals surface area contributed by atoms with Crippen LogP contribution in [0.2, 0.25) is 0 Å². The van der Waals surface area contributed by atoms with Crippen LogP contribution in [-0.2, 0) is 17.8 Å². The van der Waals surface area contributed by atoms with Crippen LogP contribution in [0.3, 0.4) is 0 Å². The highest BCUT2D eigenvalue weighted by molar-refractivity contribution is 5.76. The maximum atomic E-state index is 12.5. The second kappa shape index (κ2) is 9.50. The fourth-order valence-corrected chi connectivity index (χ4v) is 3.49. The van der Waals surface area contributed by atoms with Crippen molar-refractivity contribution in [3.05, 3.63) is 42.1 Å². The fourth-order valence-electron chi connectivity index (χ4n) is 3.49. The summed E-state index contributed by atoms with van der Waals surface area (Å²) in [6, 6.07) is 9.97. The Morgan fingerprint density at radius 1 is 1.22 bits per heavy atom. The molecule has 1 amide bonds. The van der Waals surface area contributed by atoms with Crippen LogP contribution < -0.4 is 4.74 Å². The predicted octanol–water partition coefficient (Wildman–Crippen LogP) is 2.52. The van der Waals surface area contributed by atoms with Gasteiger partial charge in [0.1, 0.15) is 5.75 Å². The number of ether oxygens (including phenoxy) is 1. The molecule has 0 bridgehead atoms. The summed E-state index contributed by atoms with van der Waals surface area (Å²) in [4.78, 5) is 16.9. The molecule has 0 saturated carbocycles. The van der Waals surface area contributed by atoms with Gasteiger partial charge in [0.05, 0.1) is 0 Å². The third kappa shape index (κ3) is 5.29. The van der Waals surface area contributed by atoms with Crippen molar-refractivity contribution in [2.75, 3.05) is 26.2 Å². The van der Waals surface area contributed by atoms with Gasteiger partial charge in [0, 0.05) is 32.0 Å². The number of carbonyl (C=O) groups excluding carboxylic acids is 1. The lowest BCUT2D eigenvalue weighted by Crippen LogP contribution is -2.38. The largest absolute Gasteiger partial charge is 0.484 e. The van der Waals surface area contributed by atoms with Gasteiger partial charge in [-0.1, -0.05) is 32.0 Å². The van der Waals surface area contributed by atoms with Crippen LogP contribution >= 0.6 is 0 Å². The first kappa shape index (κ1) is 19.4. The smallest absolute Gasteiger partial charge is 0.253 e. The second-order valence-electron chi connectivity index (χ2n) is 6.69. The number of benzene rings is 1. The van der Waals surface area contributed by atoms with Crippen molar-refractivity contribution in [2.24, 2.45) is 0 Å². The zero-order valence-electron chi connectivity index (χ0n) is 16.1. The molecule has 0 radical (unpaired) electrons. The number of hydrogen-bond donors (Lipinski definition) is 0. The van der Waals surface area contributed by atoms with Gasteiger partial charge in [-0.15, -0.1) is 10.2 Å². The van der Waals surface area contributed by atoms with E-state index in [1.807, 2.05) is 35.2 Å². The van der Waals surface area contributed by atoms with Crippen LogP contribution in [0.4, 0.5) is 0 Å². The summed E-state index contributed by atoms with van der Waals surface area (Å²) in [5.41, 5.74) is 0. The quantitative estimate of drug-likeness (QED) is 0.674. The van der Waals surface area contributed by atoms with Gasteiger partial charge in [0.2, 0.25) is 11.8 Å². The molecule has 2 aromatic rings. The Hall–Kier alpha value is -2.41. The summed E-state index contributed by atoms with van der Waals surface area (Å²) in [6.45, 7) is 8.27. The molecule has 146 valence electrons. The highest BCUT2D eigenvalue weighted by Crippen LogP contribution is 2.17. The topological polar surface area (TPSA) is 71.7 Å². The summed E-state index contributed by atoms with van der Waals surface area (Å²) in [5, 5.41) is 8.01. The SMILES string of the molecule is CCN(CC)[C@H]1CCN(C(=O)CCc2nnc(COc3ccccc3)o2)C1. The van der Waals surface area contributed by atoms with E-state index in [-0.39, 0.29) is 12.5 Å². The molecule has 3 rings (SSSR count). The van der Waals surface area contributed by atoms with Crippen LogP contribution in [0.5, 0.6) is 5.75 Å². The van der Waals surface area contributed by atoms with Crippen molar-refractivity contribution in [3.63, 3.8) is 0 Å². The second-order valence-corrected chi connectivity index (χ2v) is 6.69. The van der Waals surface area contributed by atoms with Crippen molar-refractivity contribution >= 4 is 5.91 Å². The van der Waals surface area contributed by atoms with Crippen LogP contribution in [-0.4, -0.2) is 58.1 Å². The highest BCUT2D eigenvalue weighted by atomic mass is 16.5. The average Bonchev–Trinajstić information content (AvgIpc) is 3.36. The number of aromatic nitrogens is 2. The van der Waals surface area contributed by atoms with Crippen molar-refractivity contribution in [3.8, 4) is 5.75 Å². The first-order valence-electron chi connectivity index (χ1n) is 9.70. The molecule has 0 N–H and O–H groups in total. The Labute approximate surface area is 160 Å². The van der Waals surface area contributed by atoms with Gasteiger partial charge >= 0.3 is 0 Å². The predicted molar refractivity (Wildman–Crippen MR) is 101 cm³/mol. The van der Waals surface area contributed by atoms with E-state index in [0.717, 1.165) is 38.3 Å². The molecule has 0 aliphatic carbocycles. The molecule has 1 aromatic heterocycles. The average molecular weight is 372 g/mol. The van der Waals surface area contributed by atoms with Crippen LogP contribution in [0.25, 0.3) is 0 Å².